The Morgan fingerprint density at radius 1 is 1.10 bits per heavy atom. The lowest BCUT2D eigenvalue weighted by atomic mass is 10.1. The highest BCUT2D eigenvalue weighted by molar-refractivity contribution is 9.10. The Labute approximate surface area is 248 Å². The van der Waals surface area contributed by atoms with E-state index in [1.165, 1.54) is 24.3 Å². The predicted octanol–water partition coefficient (Wildman–Crippen LogP) is 5.06. The van der Waals surface area contributed by atoms with Crippen molar-refractivity contribution in [1.29, 1.82) is 0 Å². The molecule has 3 aromatic carbocycles. The second-order valence-electron chi connectivity index (χ2n) is 9.08. The van der Waals surface area contributed by atoms with Gasteiger partial charge in [0.1, 0.15) is 5.57 Å². The molecule has 0 aromatic heterocycles. The first-order valence-electron chi connectivity index (χ1n) is 12.6. The number of non-ortho nitro benzene ring substituents is 1. The SMILES string of the molecule is CCOc1cc(/C=C2/C(=O)NC(=O)N(c3ccc([N+](=O)[O-])cc3)C2=O)cc(Br)c1OCC(=O)Nc1cccc(C)c1C. The van der Waals surface area contributed by atoms with Crippen LogP contribution < -0.4 is 25.0 Å². The van der Waals surface area contributed by atoms with Gasteiger partial charge in [-0.1, -0.05) is 12.1 Å². The zero-order chi connectivity index (χ0) is 30.6. The fraction of sp³-hybridized carbons (Fsp3) is 0.172. The van der Waals surface area contributed by atoms with Gasteiger partial charge in [0.25, 0.3) is 23.4 Å². The fourth-order valence-electron chi connectivity index (χ4n) is 4.07. The van der Waals surface area contributed by atoms with Gasteiger partial charge in [-0.05, 0) is 89.8 Å². The molecule has 0 saturated carbocycles. The number of ether oxygens (including phenoxy) is 2. The van der Waals surface area contributed by atoms with Crippen molar-refractivity contribution < 1.29 is 33.6 Å². The Morgan fingerprint density at radius 2 is 1.81 bits per heavy atom. The van der Waals surface area contributed by atoms with Crippen LogP contribution in [0.5, 0.6) is 11.5 Å². The molecule has 216 valence electrons. The molecule has 12 nitrogen and oxygen atoms in total. The molecule has 3 aromatic rings. The smallest absolute Gasteiger partial charge is 0.335 e. The standard InChI is InChI=1S/C29H25BrN4O8/c1-4-41-24-14-18(13-22(30)26(24)42-15-25(35)31-23-7-5-6-16(2)17(23)3)12-21-27(36)32-29(38)33(28(21)37)19-8-10-20(11-9-19)34(39)40/h5-14H,4,15H2,1-3H3,(H,31,35)(H,32,36,38)/b21-12-. The van der Waals surface area contributed by atoms with Gasteiger partial charge in [-0.3, -0.25) is 29.8 Å². The molecule has 1 heterocycles. The molecule has 42 heavy (non-hydrogen) atoms. The molecule has 0 radical (unpaired) electrons. The van der Waals surface area contributed by atoms with Gasteiger partial charge in [0, 0.05) is 17.8 Å². The van der Waals surface area contributed by atoms with E-state index in [1.54, 1.807) is 19.1 Å². The minimum Gasteiger partial charge on any atom is -0.490 e. The molecule has 4 rings (SSSR count). The predicted molar refractivity (Wildman–Crippen MR) is 157 cm³/mol. The summed E-state index contributed by atoms with van der Waals surface area (Å²) in [7, 11) is 0. The first-order valence-corrected chi connectivity index (χ1v) is 13.4. The van der Waals surface area contributed by atoms with E-state index in [1.807, 2.05) is 26.0 Å². The number of hydrogen-bond acceptors (Lipinski definition) is 8. The number of imide groups is 2. The van der Waals surface area contributed by atoms with E-state index in [0.29, 0.717) is 20.6 Å². The zero-order valence-corrected chi connectivity index (χ0v) is 24.3. The number of amides is 5. The molecule has 0 atom stereocenters. The number of barbiturate groups is 1. The molecule has 2 N–H and O–H groups in total. The van der Waals surface area contributed by atoms with Crippen LogP contribution >= 0.6 is 15.9 Å². The molecule has 1 aliphatic rings. The van der Waals surface area contributed by atoms with E-state index in [0.717, 1.165) is 23.3 Å². The monoisotopic (exact) mass is 636 g/mol. The van der Waals surface area contributed by atoms with Crippen molar-refractivity contribution in [2.75, 3.05) is 23.4 Å². The lowest BCUT2D eigenvalue weighted by molar-refractivity contribution is -0.384. The maximum atomic E-state index is 13.2. The lowest BCUT2D eigenvalue weighted by Gasteiger charge is -2.26. The second kappa shape index (κ2) is 12.6. The lowest BCUT2D eigenvalue weighted by Crippen LogP contribution is -2.54. The molecule has 0 aliphatic carbocycles. The van der Waals surface area contributed by atoms with Crippen LogP contribution in [0.4, 0.5) is 21.9 Å². The van der Waals surface area contributed by atoms with E-state index in [2.05, 4.69) is 26.6 Å². The largest absolute Gasteiger partial charge is 0.490 e. The number of urea groups is 1. The molecule has 5 amide bonds. The number of aryl methyl sites for hydroxylation is 1. The van der Waals surface area contributed by atoms with E-state index in [9.17, 15) is 29.3 Å². The number of nitrogens with zero attached hydrogens (tertiary/aromatic N) is 2. The molecule has 0 bridgehead atoms. The van der Waals surface area contributed by atoms with Crippen molar-refractivity contribution in [1.82, 2.24) is 5.32 Å². The van der Waals surface area contributed by atoms with Crippen LogP contribution in [-0.2, 0) is 14.4 Å². The van der Waals surface area contributed by atoms with Crippen LogP contribution in [0.3, 0.4) is 0 Å². The third-order valence-corrected chi connectivity index (χ3v) is 6.88. The van der Waals surface area contributed by atoms with Crippen LogP contribution in [0.1, 0.15) is 23.6 Å². The summed E-state index contributed by atoms with van der Waals surface area (Å²) >= 11 is 3.41. The molecule has 0 unspecified atom stereocenters. The van der Waals surface area contributed by atoms with Crippen molar-refractivity contribution in [3.8, 4) is 11.5 Å². The van der Waals surface area contributed by atoms with E-state index in [4.69, 9.17) is 9.47 Å². The van der Waals surface area contributed by atoms with Gasteiger partial charge >= 0.3 is 6.03 Å². The number of hydrogen-bond donors (Lipinski definition) is 2. The Kier molecular flexibility index (Phi) is 9.01. The second-order valence-corrected chi connectivity index (χ2v) is 9.93. The molecule has 1 aliphatic heterocycles. The molecule has 1 saturated heterocycles. The van der Waals surface area contributed by atoms with E-state index in [-0.39, 0.29) is 47.6 Å². The third-order valence-electron chi connectivity index (χ3n) is 6.29. The maximum Gasteiger partial charge on any atom is 0.335 e. The number of nitro groups is 1. The number of benzene rings is 3. The van der Waals surface area contributed by atoms with E-state index < -0.39 is 22.8 Å². The van der Waals surface area contributed by atoms with Crippen molar-refractivity contribution in [3.05, 3.63) is 91.4 Å². The third kappa shape index (κ3) is 6.47. The average molecular weight is 637 g/mol. The van der Waals surface area contributed by atoms with Gasteiger partial charge in [-0.2, -0.15) is 0 Å². The Bertz CT molecular complexity index is 1640. The molecule has 0 spiro atoms. The van der Waals surface area contributed by atoms with Crippen LogP contribution in [0.2, 0.25) is 0 Å². The van der Waals surface area contributed by atoms with Gasteiger partial charge in [0.2, 0.25) is 0 Å². The zero-order valence-electron chi connectivity index (χ0n) is 22.7. The minimum atomic E-state index is -0.991. The summed E-state index contributed by atoms with van der Waals surface area (Å²) in [6.45, 7) is 5.53. The van der Waals surface area contributed by atoms with Gasteiger partial charge in [-0.15, -0.1) is 0 Å². The number of anilines is 2. The molecular weight excluding hydrogens is 612 g/mol. The highest BCUT2D eigenvalue weighted by Crippen LogP contribution is 2.38. The number of nitrogens with one attached hydrogen (secondary N) is 2. The Morgan fingerprint density at radius 3 is 2.48 bits per heavy atom. The summed E-state index contributed by atoms with van der Waals surface area (Å²) in [6.07, 6.45) is 1.27. The number of carbonyl (C=O) groups is 4. The molecule has 13 heteroatoms. The van der Waals surface area contributed by atoms with Gasteiger partial charge in [-0.25, -0.2) is 9.69 Å². The van der Waals surface area contributed by atoms with Crippen molar-refractivity contribution >= 4 is 62.8 Å². The van der Waals surface area contributed by atoms with Crippen molar-refractivity contribution in [2.24, 2.45) is 0 Å². The summed E-state index contributed by atoms with van der Waals surface area (Å²) in [5.41, 5.74) is 2.46. The number of nitro benzene ring substituents is 1. The minimum absolute atomic E-state index is 0.0422. The van der Waals surface area contributed by atoms with Crippen LogP contribution in [0.15, 0.2) is 64.6 Å². The Balaban J connectivity index is 1.58. The average Bonchev–Trinajstić information content (AvgIpc) is 2.93. The quantitative estimate of drug-likeness (QED) is 0.143. The molecule has 1 fully saturated rings. The van der Waals surface area contributed by atoms with Gasteiger partial charge in [0.15, 0.2) is 18.1 Å². The highest BCUT2D eigenvalue weighted by atomic mass is 79.9. The Hall–Kier alpha value is -5.04. The molecular formula is C29H25BrN4O8. The summed E-state index contributed by atoms with van der Waals surface area (Å²) in [6, 6.07) is 12.4. The van der Waals surface area contributed by atoms with Gasteiger partial charge in [0.05, 0.1) is 21.7 Å². The summed E-state index contributed by atoms with van der Waals surface area (Å²) < 4.78 is 11.9. The number of halogens is 1. The normalized spacial score (nSPS) is 14.0. The fourth-order valence-corrected chi connectivity index (χ4v) is 4.64. The number of rotatable bonds is 9. The summed E-state index contributed by atoms with van der Waals surface area (Å²) in [5, 5.41) is 15.9. The topological polar surface area (TPSA) is 157 Å². The first kappa shape index (κ1) is 29.9. The van der Waals surface area contributed by atoms with Crippen LogP contribution in [0.25, 0.3) is 6.08 Å². The van der Waals surface area contributed by atoms with E-state index >= 15 is 0 Å². The first-order chi connectivity index (χ1) is 20.0. The highest BCUT2D eigenvalue weighted by Gasteiger charge is 2.37. The summed E-state index contributed by atoms with van der Waals surface area (Å²) in [4.78, 5) is 62.0. The van der Waals surface area contributed by atoms with Crippen molar-refractivity contribution in [2.45, 2.75) is 20.8 Å². The van der Waals surface area contributed by atoms with Gasteiger partial charge < -0.3 is 14.8 Å². The number of carbonyl (C=O) groups excluding carboxylic acids is 4. The maximum absolute atomic E-state index is 13.2. The summed E-state index contributed by atoms with van der Waals surface area (Å²) in [5.74, 6) is -1.75. The van der Waals surface area contributed by atoms with Crippen LogP contribution in [-0.4, -0.2) is 41.9 Å². The van der Waals surface area contributed by atoms with Crippen molar-refractivity contribution in [3.63, 3.8) is 0 Å². The van der Waals surface area contributed by atoms with Crippen LogP contribution in [0, 0.1) is 24.0 Å².